The number of hydrogen-bond donors (Lipinski definition) is 3. The Hall–Kier alpha value is -4.59. The predicted octanol–water partition coefficient (Wildman–Crippen LogP) is 5.70. The third kappa shape index (κ3) is 6.70. The van der Waals surface area contributed by atoms with Gasteiger partial charge in [-0.3, -0.25) is 4.79 Å². The number of nitrogens with one attached hydrogen (secondary N) is 3. The van der Waals surface area contributed by atoms with Crippen LogP contribution >= 0.6 is 0 Å². The molecule has 178 valence electrons. The lowest BCUT2D eigenvalue weighted by Gasteiger charge is -2.10. The highest BCUT2D eigenvalue weighted by molar-refractivity contribution is 6.00. The van der Waals surface area contributed by atoms with Crippen molar-refractivity contribution in [1.82, 2.24) is 5.16 Å². The molecule has 3 N–H and O–H groups in total. The number of hydrogen-bond acceptors (Lipinski definition) is 5. The SMILES string of the molecule is Cc1noc(C)c1COc1ccc(CC(=O)Nc2cccc(NC(=O)Nc3ccccc3)c2)cc1. The number of aryl methyl sites for hydroxylation is 2. The average molecular weight is 471 g/mol. The number of carbonyl (C=O) groups is 2. The van der Waals surface area contributed by atoms with Gasteiger partial charge in [0, 0.05) is 17.1 Å². The molecule has 35 heavy (non-hydrogen) atoms. The minimum absolute atomic E-state index is 0.166. The van der Waals surface area contributed by atoms with Crippen molar-refractivity contribution in [1.29, 1.82) is 0 Å². The molecule has 4 rings (SSSR count). The molecule has 8 heteroatoms. The number of anilines is 3. The van der Waals surface area contributed by atoms with Crippen LogP contribution in [0.5, 0.6) is 5.75 Å². The second kappa shape index (κ2) is 11.0. The molecule has 0 saturated heterocycles. The lowest BCUT2D eigenvalue weighted by atomic mass is 10.1. The van der Waals surface area contributed by atoms with Gasteiger partial charge in [0.1, 0.15) is 18.1 Å². The first-order valence-electron chi connectivity index (χ1n) is 11.1. The molecule has 0 aliphatic rings. The third-order valence-corrected chi connectivity index (χ3v) is 5.29. The van der Waals surface area contributed by atoms with Crippen LogP contribution in [0.3, 0.4) is 0 Å². The number of rotatable bonds is 8. The van der Waals surface area contributed by atoms with Gasteiger partial charge in [-0.1, -0.05) is 41.6 Å². The van der Waals surface area contributed by atoms with Crippen LogP contribution in [-0.2, 0) is 17.8 Å². The van der Waals surface area contributed by atoms with Gasteiger partial charge < -0.3 is 25.2 Å². The largest absolute Gasteiger partial charge is 0.489 e. The molecule has 8 nitrogen and oxygen atoms in total. The van der Waals surface area contributed by atoms with Gasteiger partial charge in [0.25, 0.3) is 0 Å². The normalized spacial score (nSPS) is 10.5. The van der Waals surface area contributed by atoms with E-state index in [9.17, 15) is 9.59 Å². The summed E-state index contributed by atoms with van der Waals surface area (Å²) in [7, 11) is 0. The van der Waals surface area contributed by atoms with E-state index in [1.165, 1.54) is 0 Å². The van der Waals surface area contributed by atoms with Crippen LogP contribution in [0, 0.1) is 13.8 Å². The minimum Gasteiger partial charge on any atom is -0.489 e. The summed E-state index contributed by atoms with van der Waals surface area (Å²) in [5, 5.41) is 12.3. The van der Waals surface area contributed by atoms with Crippen LogP contribution in [0.2, 0.25) is 0 Å². The number of aromatic nitrogens is 1. The van der Waals surface area contributed by atoms with Crippen molar-refractivity contribution in [3.63, 3.8) is 0 Å². The number of carbonyl (C=O) groups excluding carboxylic acids is 2. The molecule has 0 unspecified atom stereocenters. The summed E-state index contributed by atoms with van der Waals surface area (Å²) in [6, 6.07) is 23.1. The first kappa shape index (κ1) is 23.6. The van der Waals surface area contributed by atoms with Crippen LogP contribution < -0.4 is 20.7 Å². The Bertz CT molecular complexity index is 1280. The summed E-state index contributed by atoms with van der Waals surface area (Å²) in [6.45, 7) is 4.10. The molecule has 0 atom stereocenters. The first-order valence-corrected chi connectivity index (χ1v) is 11.1. The fourth-order valence-electron chi connectivity index (χ4n) is 3.45. The predicted molar refractivity (Wildman–Crippen MR) is 135 cm³/mol. The van der Waals surface area contributed by atoms with E-state index in [-0.39, 0.29) is 18.4 Å². The van der Waals surface area contributed by atoms with Gasteiger partial charge >= 0.3 is 6.03 Å². The molecule has 1 heterocycles. The highest BCUT2D eigenvalue weighted by Crippen LogP contribution is 2.19. The Labute approximate surface area is 203 Å². The molecule has 0 bridgehead atoms. The number of nitrogens with zero attached hydrogens (tertiary/aromatic N) is 1. The molecule has 3 amide bonds. The molecular formula is C27H26N4O4. The maximum absolute atomic E-state index is 12.5. The molecule has 1 aromatic heterocycles. The van der Waals surface area contributed by atoms with Gasteiger partial charge in [0.05, 0.1) is 17.7 Å². The van der Waals surface area contributed by atoms with Crippen LogP contribution in [0.4, 0.5) is 21.9 Å². The van der Waals surface area contributed by atoms with Gasteiger partial charge in [-0.25, -0.2) is 4.79 Å². The number of urea groups is 1. The van der Waals surface area contributed by atoms with Crippen molar-refractivity contribution in [3.8, 4) is 5.75 Å². The molecule has 3 aromatic carbocycles. The van der Waals surface area contributed by atoms with Gasteiger partial charge in [0.15, 0.2) is 0 Å². The van der Waals surface area contributed by atoms with E-state index in [2.05, 4.69) is 21.1 Å². The summed E-state index contributed by atoms with van der Waals surface area (Å²) in [4.78, 5) is 24.7. The molecule has 0 spiro atoms. The molecule has 0 saturated carbocycles. The van der Waals surface area contributed by atoms with Gasteiger partial charge in [-0.2, -0.15) is 0 Å². The van der Waals surface area contributed by atoms with Crippen molar-refractivity contribution in [2.45, 2.75) is 26.9 Å². The van der Waals surface area contributed by atoms with Crippen LogP contribution in [-0.4, -0.2) is 17.1 Å². The van der Waals surface area contributed by atoms with E-state index >= 15 is 0 Å². The molecule has 0 aliphatic carbocycles. The lowest BCUT2D eigenvalue weighted by Crippen LogP contribution is -2.19. The zero-order valence-electron chi connectivity index (χ0n) is 19.5. The first-order chi connectivity index (χ1) is 17.0. The summed E-state index contributed by atoms with van der Waals surface area (Å²) < 4.78 is 11.0. The summed E-state index contributed by atoms with van der Waals surface area (Å²) in [6.07, 6.45) is 0.205. The summed E-state index contributed by atoms with van der Waals surface area (Å²) >= 11 is 0. The van der Waals surface area contributed by atoms with Crippen molar-refractivity contribution in [3.05, 3.63) is 101 Å². The number of para-hydroxylation sites is 1. The Morgan fingerprint density at radius 3 is 2.17 bits per heavy atom. The van der Waals surface area contributed by atoms with E-state index in [0.717, 1.165) is 22.6 Å². The van der Waals surface area contributed by atoms with Crippen LogP contribution in [0.1, 0.15) is 22.6 Å². The summed E-state index contributed by atoms with van der Waals surface area (Å²) in [5.74, 6) is 1.27. The number of benzene rings is 3. The van der Waals surface area contributed by atoms with Crippen molar-refractivity contribution in [2.75, 3.05) is 16.0 Å². The minimum atomic E-state index is -0.365. The molecule has 0 aliphatic heterocycles. The maximum Gasteiger partial charge on any atom is 0.323 e. The monoisotopic (exact) mass is 470 g/mol. The summed E-state index contributed by atoms with van der Waals surface area (Å²) in [5.41, 5.74) is 4.44. The fourth-order valence-corrected chi connectivity index (χ4v) is 3.45. The smallest absolute Gasteiger partial charge is 0.323 e. The highest BCUT2D eigenvalue weighted by Gasteiger charge is 2.10. The zero-order chi connectivity index (χ0) is 24.6. The fraction of sp³-hybridized carbons (Fsp3) is 0.148. The van der Waals surface area contributed by atoms with Crippen LogP contribution in [0.25, 0.3) is 0 Å². The van der Waals surface area contributed by atoms with E-state index < -0.39 is 0 Å². The van der Waals surface area contributed by atoms with Crippen molar-refractivity contribution in [2.24, 2.45) is 0 Å². The molecular weight excluding hydrogens is 444 g/mol. The Morgan fingerprint density at radius 1 is 0.829 bits per heavy atom. The van der Waals surface area contributed by atoms with E-state index in [0.29, 0.717) is 29.4 Å². The number of amides is 3. The van der Waals surface area contributed by atoms with E-state index in [4.69, 9.17) is 9.26 Å². The van der Waals surface area contributed by atoms with E-state index in [1.807, 2.05) is 56.3 Å². The Morgan fingerprint density at radius 2 is 1.49 bits per heavy atom. The lowest BCUT2D eigenvalue weighted by molar-refractivity contribution is -0.115. The molecule has 4 aromatic rings. The Kier molecular flexibility index (Phi) is 7.42. The highest BCUT2D eigenvalue weighted by atomic mass is 16.5. The van der Waals surface area contributed by atoms with Gasteiger partial charge in [-0.15, -0.1) is 0 Å². The van der Waals surface area contributed by atoms with E-state index in [1.54, 1.807) is 36.4 Å². The van der Waals surface area contributed by atoms with Gasteiger partial charge in [0.2, 0.25) is 5.91 Å². The quantitative estimate of drug-likeness (QED) is 0.307. The average Bonchev–Trinajstić information content (AvgIpc) is 3.16. The standard InChI is InChI=1S/C27H26N4O4/c1-18-25(19(2)35-31-18)17-34-24-13-11-20(12-14-24)15-26(32)28-22-9-6-10-23(16-22)30-27(33)29-21-7-4-3-5-8-21/h3-14,16H,15,17H2,1-2H3,(H,28,32)(H2,29,30,33). The second-order valence-electron chi connectivity index (χ2n) is 7.99. The molecule has 0 radical (unpaired) electrons. The van der Waals surface area contributed by atoms with Gasteiger partial charge in [-0.05, 0) is 61.9 Å². The number of ether oxygens (including phenoxy) is 1. The maximum atomic E-state index is 12.5. The third-order valence-electron chi connectivity index (χ3n) is 5.29. The topological polar surface area (TPSA) is 105 Å². The van der Waals surface area contributed by atoms with Crippen molar-refractivity contribution < 1.29 is 18.8 Å². The van der Waals surface area contributed by atoms with Crippen molar-refractivity contribution >= 4 is 29.0 Å². The zero-order valence-corrected chi connectivity index (χ0v) is 19.5. The molecule has 0 fully saturated rings. The second-order valence-corrected chi connectivity index (χ2v) is 7.99. The van der Waals surface area contributed by atoms with Crippen LogP contribution in [0.15, 0.2) is 83.4 Å². The Balaban J connectivity index is 1.27.